The Bertz CT molecular complexity index is 1260. The Kier molecular flexibility index (Phi) is 5.27. The second-order valence-corrected chi connectivity index (χ2v) is 7.06. The summed E-state index contributed by atoms with van der Waals surface area (Å²) in [6, 6.07) is 13.4. The number of nitro benzene ring substituents is 1. The first-order valence-corrected chi connectivity index (χ1v) is 9.67. The average molecular weight is 421 g/mol. The van der Waals surface area contributed by atoms with Crippen molar-refractivity contribution in [2.24, 2.45) is 0 Å². The van der Waals surface area contributed by atoms with Gasteiger partial charge in [0.1, 0.15) is 5.69 Å². The Hall–Kier alpha value is -3.98. The number of hydrogen-bond donors (Lipinski definition) is 1. The van der Waals surface area contributed by atoms with Gasteiger partial charge >= 0.3 is 0 Å². The van der Waals surface area contributed by atoms with E-state index in [1.807, 2.05) is 24.3 Å². The molecule has 0 spiro atoms. The van der Waals surface area contributed by atoms with Crippen LogP contribution in [-0.2, 0) is 4.79 Å². The third kappa shape index (κ3) is 4.06. The molecule has 150 valence electrons. The van der Waals surface area contributed by atoms with E-state index in [4.69, 9.17) is 9.15 Å². The number of methoxy groups -OCH3 is 1. The van der Waals surface area contributed by atoms with Crippen LogP contribution in [0.1, 0.15) is 5.56 Å². The van der Waals surface area contributed by atoms with E-state index in [9.17, 15) is 14.9 Å². The van der Waals surface area contributed by atoms with Gasteiger partial charge in [0.05, 0.1) is 12.0 Å². The fourth-order valence-electron chi connectivity index (χ4n) is 2.79. The molecular formula is C21H15N3O5S. The predicted molar refractivity (Wildman–Crippen MR) is 115 cm³/mol. The summed E-state index contributed by atoms with van der Waals surface area (Å²) in [5, 5.41) is 16.5. The number of anilines is 1. The van der Waals surface area contributed by atoms with Crippen LogP contribution in [0.4, 0.5) is 10.8 Å². The molecule has 0 atom stereocenters. The topological polar surface area (TPSA) is 108 Å². The highest BCUT2D eigenvalue weighted by Gasteiger charge is 2.13. The maximum atomic E-state index is 12.2. The minimum absolute atomic E-state index is 0.00452. The van der Waals surface area contributed by atoms with Crippen LogP contribution in [0.5, 0.6) is 5.75 Å². The number of carbonyl (C=O) groups is 1. The number of nitrogens with zero attached hydrogens (tertiary/aromatic N) is 2. The Morgan fingerprint density at radius 1 is 1.27 bits per heavy atom. The monoisotopic (exact) mass is 421 g/mol. The number of aromatic nitrogens is 1. The number of fused-ring (bicyclic) bond motifs is 1. The number of non-ortho nitro benzene ring substituents is 1. The second kappa shape index (κ2) is 8.18. The molecule has 0 fully saturated rings. The largest absolute Gasteiger partial charge is 0.493 e. The van der Waals surface area contributed by atoms with E-state index in [2.05, 4.69) is 10.3 Å². The average Bonchev–Trinajstić information content (AvgIpc) is 3.39. The summed E-state index contributed by atoms with van der Waals surface area (Å²) >= 11 is 1.28. The first kappa shape index (κ1) is 19.3. The quantitative estimate of drug-likeness (QED) is 0.263. The normalized spacial score (nSPS) is 11.1. The van der Waals surface area contributed by atoms with Crippen LogP contribution < -0.4 is 10.1 Å². The van der Waals surface area contributed by atoms with Crippen molar-refractivity contribution in [1.82, 2.24) is 4.98 Å². The molecule has 0 bridgehead atoms. The molecule has 4 rings (SSSR count). The Morgan fingerprint density at radius 2 is 2.07 bits per heavy atom. The van der Waals surface area contributed by atoms with Crippen molar-refractivity contribution >= 4 is 45.1 Å². The van der Waals surface area contributed by atoms with Crippen molar-refractivity contribution in [3.05, 3.63) is 75.7 Å². The van der Waals surface area contributed by atoms with Gasteiger partial charge in [0.15, 0.2) is 22.2 Å². The van der Waals surface area contributed by atoms with E-state index in [-0.39, 0.29) is 11.6 Å². The number of nitrogens with one attached hydrogen (secondary N) is 1. The summed E-state index contributed by atoms with van der Waals surface area (Å²) in [7, 11) is 1.58. The van der Waals surface area contributed by atoms with Gasteiger partial charge in [-0.25, -0.2) is 4.98 Å². The minimum atomic E-state index is -0.474. The fourth-order valence-corrected chi connectivity index (χ4v) is 3.50. The number of hydrogen-bond acceptors (Lipinski definition) is 7. The molecule has 0 unspecified atom stereocenters. The van der Waals surface area contributed by atoms with Gasteiger partial charge in [0, 0.05) is 29.0 Å². The van der Waals surface area contributed by atoms with Crippen molar-refractivity contribution in [2.45, 2.75) is 0 Å². The molecule has 1 amide bonds. The minimum Gasteiger partial charge on any atom is -0.493 e. The van der Waals surface area contributed by atoms with E-state index < -0.39 is 4.92 Å². The van der Waals surface area contributed by atoms with E-state index in [1.165, 1.54) is 29.5 Å². The third-order valence-corrected chi connectivity index (χ3v) is 5.00. The molecule has 4 aromatic rings. The number of nitro groups is 1. The maximum Gasteiger partial charge on any atom is 0.269 e. The zero-order chi connectivity index (χ0) is 21.1. The lowest BCUT2D eigenvalue weighted by Gasteiger charge is -1.98. The van der Waals surface area contributed by atoms with Gasteiger partial charge in [-0.2, -0.15) is 0 Å². The standard InChI is InChI=1S/C21H15N3O5S/c1-28-17-4-2-3-14-11-18(29-20(14)17)16-12-30-21(22-16)23-19(25)10-7-13-5-8-15(9-6-13)24(26)27/h2-12H,1H3,(H,22,23,25)/b10-7-. The Morgan fingerprint density at radius 3 is 2.80 bits per heavy atom. The van der Waals surface area contributed by atoms with Crippen LogP contribution in [0, 0.1) is 10.1 Å². The second-order valence-electron chi connectivity index (χ2n) is 6.20. The van der Waals surface area contributed by atoms with Gasteiger partial charge in [-0.05, 0) is 35.9 Å². The van der Waals surface area contributed by atoms with E-state index >= 15 is 0 Å². The number of para-hydroxylation sites is 1. The molecule has 0 saturated carbocycles. The summed E-state index contributed by atoms with van der Waals surface area (Å²) in [6.45, 7) is 0. The SMILES string of the molecule is COc1cccc2cc(-c3csc(NC(=O)/C=C\c4ccc([N+](=O)[O-])cc4)n3)oc12. The lowest BCUT2D eigenvalue weighted by atomic mass is 10.2. The maximum absolute atomic E-state index is 12.2. The molecule has 0 saturated heterocycles. The van der Waals surface area contributed by atoms with Crippen molar-refractivity contribution in [3.8, 4) is 17.2 Å². The molecule has 2 aromatic carbocycles. The Labute approximate surface area is 174 Å². The predicted octanol–water partition coefficient (Wildman–Crippen LogP) is 5.13. The molecule has 0 aliphatic rings. The summed E-state index contributed by atoms with van der Waals surface area (Å²) < 4.78 is 11.2. The van der Waals surface area contributed by atoms with Gasteiger partial charge in [-0.15, -0.1) is 11.3 Å². The highest BCUT2D eigenvalue weighted by molar-refractivity contribution is 7.14. The van der Waals surface area contributed by atoms with Crippen molar-refractivity contribution in [3.63, 3.8) is 0 Å². The van der Waals surface area contributed by atoms with Gasteiger partial charge in [-0.1, -0.05) is 12.1 Å². The van der Waals surface area contributed by atoms with Crippen LogP contribution in [-0.4, -0.2) is 22.9 Å². The highest BCUT2D eigenvalue weighted by Crippen LogP contribution is 2.34. The molecule has 2 aromatic heterocycles. The van der Waals surface area contributed by atoms with E-state index in [0.717, 1.165) is 5.39 Å². The Balaban J connectivity index is 1.45. The molecule has 9 heteroatoms. The molecule has 0 radical (unpaired) electrons. The van der Waals surface area contributed by atoms with Crippen LogP contribution in [0.15, 0.2) is 64.4 Å². The van der Waals surface area contributed by atoms with Crippen molar-refractivity contribution in [2.75, 3.05) is 12.4 Å². The van der Waals surface area contributed by atoms with Crippen LogP contribution in [0.25, 0.3) is 28.5 Å². The number of ether oxygens (including phenoxy) is 1. The zero-order valence-electron chi connectivity index (χ0n) is 15.7. The van der Waals surface area contributed by atoms with Gasteiger partial charge in [0.25, 0.3) is 5.69 Å². The number of amides is 1. The van der Waals surface area contributed by atoms with Gasteiger partial charge in [-0.3, -0.25) is 20.2 Å². The molecule has 0 aliphatic carbocycles. The lowest BCUT2D eigenvalue weighted by Crippen LogP contribution is -2.07. The molecular weight excluding hydrogens is 406 g/mol. The van der Waals surface area contributed by atoms with Crippen LogP contribution in [0.2, 0.25) is 0 Å². The first-order valence-electron chi connectivity index (χ1n) is 8.79. The van der Waals surface area contributed by atoms with E-state index in [0.29, 0.717) is 33.5 Å². The summed E-state index contributed by atoms with van der Waals surface area (Å²) in [4.78, 5) is 26.8. The summed E-state index contributed by atoms with van der Waals surface area (Å²) in [6.07, 6.45) is 2.91. The zero-order valence-corrected chi connectivity index (χ0v) is 16.5. The van der Waals surface area contributed by atoms with Crippen LogP contribution >= 0.6 is 11.3 Å². The molecule has 1 N–H and O–H groups in total. The smallest absolute Gasteiger partial charge is 0.269 e. The third-order valence-electron chi connectivity index (χ3n) is 4.25. The molecule has 8 nitrogen and oxygen atoms in total. The van der Waals surface area contributed by atoms with Crippen LogP contribution in [0.3, 0.4) is 0 Å². The fraction of sp³-hybridized carbons (Fsp3) is 0.0476. The number of benzene rings is 2. The van der Waals surface area contributed by atoms with E-state index in [1.54, 1.807) is 30.7 Å². The molecule has 2 heterocycles. The number of carbonyl (C=O) groups excluding carboxylic acids is 1. The number of furan rings is 1. The van der Waals surface area contributed by atoms with Gasteiger partial charge < -0.3 is 9.15 Å². The number of rotatable bonds is 6. The molecule has 0 aliphatic heterocycles. The van der Waals surface area contributed by atoms with Crippen molar-refractivity contribution < 1.29 is 18.9 Å². The number of thiazole rings is 1. The van der Waals surface area contributed by atoms with Crippen molar-refractivity contribution in [1.29, 1.82) is 0 Å². The highest BCUT2D eigenvalue weighted by atomic mass is 32.1. The van der Waals surface area contributed by atoms with Gasteiger partial charge in [0.2, 0.25) is 5.91 Å². The first-order chi connectivity index (χ1) is 14.5. The molecule has 30 heavy (non-hydrogen) atoms. The summed E-state index contributed by atoms with van der Waals surface area (Å²) in [5.74, 6) is 0.854. The lowest BCUT2D eigenvalue weighted by molar-refractivity contribution is -0.384. The summed E-state index contributed by atoms with van der Waals surface area (Å²) in [5.41, 5.74) is 1.91.